The molecule has 1 saturated heterocycles. The van der Waals surface area contributed by atoms with E-state index in [9.17, 15) is 4.79 Å². The van der Waals surface area contributed by atoms with Crippen LogP contribution >= 0.6 is 0 Å². The minimum Gasteiger partial charge on any atom is -0.494 e. The Morgan fingerprint density at radius 3 is 2.34 bits per heavy atom. The maximum Gasteiger partial charge on any atom is 0.242 e. The number of nitrogens with one attached hydrogen (secondary N) is 1. The van der Waals surface area contributed by atoms with E-state index in [0.29, 0.717) is 12.6 Å². The second-order valence-electron chi connectivity index (χ2n) is 7.99. The molecule has 1 aliphatic carbocycles. The summed E-state index contributed by atoms with van der Waals surface area (Å²) >= 11 is 0. The monoisotopic (exact) mass is 393 g/mol. The van der Waals surface area contributed by atoms with Crippen molar-refractivity contribution in [3.8, 4) is 5.75 Å². The Morgan fingerprint density at radius 2 is 1.72 bits per heavy atom. The van der Waals surface area contributed by atoms with E-state index in [0.717, 1.165) is 56.9 Å². The van der Waals surface area contributed by atoms with Crippen LogP contribution in [0.15, 0.2) is 54.6 Å². The van der Waals surface area contributed by atoms with E-state index in [1.807, 2.05) is 37.3 Å². The Bertz CT molecular complexity index is 782. The Kier molecular flexibility index (Phi) is 6.47. The molecule has 2 aromatic rings. The predicted molar refractivity (Wildman–Crippen MR) is 115 cm³/mol. The molecule has 0 spiro atoms. The Labute approximate surface area is 173 Å². The van der Waals surface area contributed by atoms with Crippen LogP contribution in [0.4, 0.5) is 0 Å². The topological polar surface area (TPSA) is 44.8 Å². The molecule has 0 radical (unpaired) electrons. The summed E-state index contributed by atoms with van der Waals surface area (Å²) in [6.45, 7) is 7.35. The molecule has 0 bridgehead atoms. The summed E-state index contributed by atoms with van der Waals surface area (Å²) in [6.07, 6.45) is 2.23. The van der Waals surface area contributed by atoms with E-state index in [-0.39, 0.29) is 11.9 Å². The van der Waals surface area contributed by atoms with Crippen LogP contribution in [0.2, 0.25) is 0 Å². The minimum atomic E-state index is -0.190. The summed E-state index contributed by atoms with van der Waals surface area (Å²) in [6, 6.07) is 18.8. The van der Waals surface area contributed by atoms with Gasteiger partial charge in [-0.3, -0.25) is 14.6 Å². The molecule has 1 amide bonds. The second kappa shape index (κ2) is 9.42. The lowest BCUT2D eigenvalue weighted by Gasteiger charge is -2.39. The predicted octanol–water partition coefficient (Wildman–Crippen LogP) is 3.22. The molecule has 1 atom stereocenters. The van der Waals surface area contributed by atoms with Crippen molar-refractivity contribution in [2.45, 2.75) is 38.4 Å². The van der Waals surface area contributed by atoms with Crippen molar-refractivity contribution in [2.24, 2.45) is 0 Å². The van der Waals surface area contributed by atoms with Crippen molar-refractivity contribution in [3.63, 3.8) is 0 Å². The zero-order valence-corrected chi connectivity index (χ0v) is 17.2. The summed E-state index contributed by atoms with van der Waals surface area (Å²) in [5, 5.41) is 3.21. The van der Waals surface area contributed by atoms with Crippen molar-refractivity contribution < 1.29 is 9.53 Å². The summed E-state index contributed by atoms with van der Waals surface area (Å²) in [5.74, 6) is 1.08. The van der Waals surface area contributed by atoms with E-state index in [4.69, 9.17) is 4.74 Å². The number of ether oxygens (including phenoxy) is 1. The molecular weight excluding hydrogens is 362 g/mol. The van der Waals surface area contributed by atoms with E-state index < -0.39 is 0 Å². The van der Waals surface area contributed by atoms with Crippen molar-refractivity contribution in [2.75, 3.05) is 32.8 Å². The van der Waals surface area contributed by atoms with Gasteiger partial charge in [0.05, 0.1) is 6.61 Å². The molecular formula is C24H31N3O2. The molecule has 29 heavy (non-hydrogen) atoms. The number of piperazine rings is 1. The molecule has 1 unspecified atom stereocenters. The van der Waals surface area contributed by atoms with Crippen LogP contribution in [0.25, 0.3) is 0 Å². The van der Waals surface area contributed by atoms with E-state index in [2.05, 4.69) is 39.4 Å². The molecule has 2 aliphatic rings. The number of amides is 1. The van der Waals surface area contributed by atoms with Crippen LogP contribution in [0.3, 0.4) is 0 Å². The summed E-state index contributed by atoms with van der Waals surface area (Å²) in [7, 11) is 0. The molecule has 5 nitrogen and oxygen atoms in total. The maximum atomic E-state index is 13.0. The summed E-state index contributed by atoms with van der Waals surface area (Å²) < 4.78 is 5.53. The molecule has 0 aromatic heterocycles. The van der Waals surface area contributed by atoms with Crippen LogP contribution in [-0.4, -0.2) is 54.5 Å². The zero-order valence-electron chi connectivity index (χ0n) is 17.2. The van der Waals surface area contributed by atoms with Gasteiger partial charge in [0.1, 0.15) is 11.8 Å². The van der Waals surface area contributed by atoms with Crippen molar-refractivity contribution in [1.82, 2.24) is 15.1 Å². The number of carbonyl (C=O) groups excluding carboxylic acids is 1. The first-order valence-electron chi connectivity index (χ1n) is 10.8. The van der Waals surface area contributed by atoms with Crippen LogP contribution in [0.1, 0.15) is 36.9 Å². The Hall–Kier alpha value is -2.37. The van der Waals surface area contributed by atoms with Gasteiger partial charge >= 0.3 is 0 Å². The molecule has 154 valence electrons. The van der Waals surface area contributed by atoms with Gasteiger partial charge in [-0.05, 0) is 43.0 Å². The molecule has 1 N–H and O–H groups in total. The molecule has 2 fully saturated rings. The minimum absolute atomic E-state index is 0.152. The van der Waals surface area contributed by atoms with Gasteiger partial charge < -0.3 is 10.1 Å². The standard InChI is InChI=1S/C24H31N3O2/c1-2-29-22-12-8-19(9-13-22)18-26-14-16-27(17-15-26)23(20-6-4-3-5-7-20)24(28)25-21-10-11-21/h3-9,12-13,21,23H,2,10-11,14-18H2,1H3,(H,25,28). The van der Waals surface area contributed by atoms with Gasteiger partial charge in [0.25, 0.3) is 0 Å². The average Bonchev–Trinajstić information content (AvgIpc) is 3.56. The highest BCUT2D eigenvalue weighted by atomic mass is 16.5. The zero-order chi connectivity index (χ0) is 20.1. The lowest BCUT2D eigenvalue weighted by molar-refractivity contribution is -0.127. The first-order chi connectivity index (χ1) is 14.2. The number of hydrogen-bond acceptors (Lipinski definition) is 4. The normalized spacial score (nSPS) is 18.9. The Balaban J connectivity index is 1.36. The first kappa shape index (κ1) is 19.9. The fraction of sp³-hybridized carbons (Fsp3) is 0.458. The largest absolute Gasteiger partial charge is 0.494 e. The number of benzene rings is 2. The van der Waals surface area contributed by atoms with Gasteiger partial charge in [-0.15, -0.1) is 0 Å². The highest BCUT2D eigenvalue weighted by Crippen LogP contribution is 2.26. The van der Waals surface area contributed by atoms with Gasteiger partial charge in [0, 0.05) is 38.8 Å². The molecule has 1 aliphatic heterocycles. The van der Waals surface area contributed by atoms with Crippen LogP contribution < -0.4 is 10.1 Å². The SMILES string of the molecule is CCOc1ccc(CN2CCN(C(C(=O)NC3CC3)c3ccccc3)CC2)cc1. The third-order valence-corrected chi connectivity index (χ3v) is 5.70. The highest BCUT2D eigenvalue weighted by molar-refractivity contribution is 5.83. The van der Waals surface area contributed by atoms with Gasteiger partial charge in [-0.25, -0.2) is 0 Å². The third kappa shape index (κ3) is 5.37. The molecule has 2 aromatic carbocycles. The van der Waals surface area contributed by atoms with Gasteiger partial charge in [-0.2, -0.15) is 0 Å². The lowest BCUT2D eigenvalue weighted by atomic mass is 10.0. The number of rotatable bonds is 8. The fourth-order valence-electron chi connectivity index (χ4n) is 3.97. The van der Waals surface area contributed by atoms with E-state index in [1.165, 1.54) is 5.56 Å². The lowest BCUT2D eigenvalue weighted by Crippen LogP contribution is -2.50. The molecule has 1 heterocycles. The number of hydrogen-bond donors (Lipinski definition) is 1. The fourth-order valence-corrected chi connectivity index (χ4v) is 3.97. The molecule has 4 rings (SSSR count). The molecule has 5 heteroatoms. The second-order valence-corrected chi connectivity index (χ2v) is 7.99. The van der Waals surface area contributed by atoms with Gasteiger partial charge in [0.15, 0.2) is 0 Å². The Morgan fingerprint density at radius 1 is 1.03 bits per heavy atom. The van der Waals surface area contributed by atoms with E-state index in [1.54, 1.807) is 0 Å². The van der Waals surface area contributed by atoms with Gasteiger partial charge in [-0.1, -0.05) is 42.5 Å². The van der Waals surface area contributed by atoms with Crippen molar-refractivity contribution in [1.29, 1.82) is 0 Å². The summed E-state index contributed by atoms with van der Waals surface area (Å²) in [5.41, 5.74) is 2.39. The number of carbonyl (C=O) groups is 1. The number of nitrogens with zero attached hydrogens (tertiary/aromatic N) is 2. The maximum absolute atomic E-state index is 13.0. The van der Waals surface area contributed by atoms with Gasteiger partial charge in [0.2, 0.25) is 5.91 Å². The highest BCUT2D eigenvalue weighted by Gasteiger charge is 2.33. The van der Waals surface area contributed by atoms with Crippen molar-refractivity contribution >= 4 is 5.91 Å². The quantitative estimate of drug-likeness (QED) is 0.748. The third-order valence-electron chi connectivity index (χ3n) is 5.70. The average molecular weight is 394 g/mol. The van der Waals surface area contributed by atoms with Crippen LogP contribution in [-0.2, 0) is 11.3 Å². The smallest absolute Gasteiger partial charge is 0.242 e. The van der Waals surface area contributed by atoms with Crippen molar-refractivity contribution in [3.05, 3.63) is 65.7 Å². The van der Waals surface area contributed by atoms with E-state index >= 15 is 0 Å². The summed E-state index contributed by atoms with van der Waals surface area (Å²) in [4.78, 5) is 17.8. The van der Waals surface area contributed by atoms with Crippen LogP contribution in [0.5, 0.6) is 5.75 Å². The first-order valence-corrected chi connectivity index (χ1v) is 10.8. The van der Waals surface area contributed by atoms with Crippen LogP contribution in [0, 0.1) is 0 Å². The molecule has 1 saturated carbocycles.